The number of hydrogen-bond donors (Lipinski definition) is 1. The predicted octanol–water partition coefficient (Wildman–Crippen LogP) is 4.98. The molecule has 0 saturated carbocycles. The number of esters is 1. The molecule has 2 heterocycles. The SMILES string of the molecule is CCOC(=O)C1=C(C)NC2=C(C(=O)C[C@H](c3ccco3)C2)[C@H]1c1cc(Br)ccc1OC. The molecule has 31 heavy (non-hydrogen) atoms. The second-order valence-electron chi connectivity index (χ2n) is 7.64. The molecule has 1 aromatic carbocycles. The molecule has 0 saturated heterocycles. The van der Waals surface area contributed by atoms with Crippen LogP contribution in [-0.4, -0.2) is 25.5 Å². The Morgan fingerprint density at radius 3 is 2.77 bits per heavy atom. The molecule has 0 amide bonds. The summed E-state index contributed by atoms with van der Waals surface area (Å²) >= 11 is 3.52. The van der Waals surface area contributed by atoms with E-state index in [1.807, 2.05) is 37.3 Å². The van der Waals surface area contributed by atoms with Crippen molar-refractivity contribution in [1.29, 1.82) is 0 Å². The van der Waals surface area contributed by atoms with Crippen molar-refractivity contribution in [2.24, 2.45) is 0 Å². The minimum Gasteiger partial charge on any atom is -0.496 e. The summed E-state index contributed by atoms with van der Waals surface area (Å²) in [6, 6.07) is 9.33. The number of allylic oxidation sites excluding steroid dienone is 3. The number of methoxy groups -OCH3 is 1. The van der Waals surface area contributed by atoms with Gasteiger partial charge in [-0.15, -0.1) is 0 Å². The number of rotatable bonds is 5. The van der Waals surface area contributed by atoms with Gasteiger partial charge in [-0.1, -0.05) is 15.9 Å². The number of benzene rings is 1. The largest absolute Gasteiger partial charge is 0.496 e. The smallest absolute Gasteiger partial charge is 0.336 e. The summed E-state index contributed by atoms with van der Waals surface area (Å²) in [4.78, 5) is 26.5. The number of carbonyl (C=O) groups is 2. The standard InChI is InChI=1S/C24H24BrNO5/c1-4-30-24(28)21-13(2)26-17-10-14(19-6-5-9-31-19)11-18(27)23(17)22(21)16-12-15(25)7-8-20(16)29-3/h5-9,12,14,22,26H,4,10-11H2,1-3H3/t14-,22+/m1/s1. The Hall–Kier alpha value is -2.80. The third-order valence-electron chi connectivity index (χ3n) is 5.77. The van der Waals surface area contributed by atoms with Gasteiger partial charge < -0.3 is 19.2 Å². The molecule has 7 heteroatoms. The van der Waals surface area contributed by atoms with Crippen LogP contribution in [0.4, 0.5) is 0 Å². The molecule has 1 aliphatic heterocycles. The van der Waals surface area contributed by atoms with E-state index in [-0.39, 0.29) is 18.3 Å². The minimum absolute atomic E-state index is 0.0172. The number of hydrogen-bond acceptors (Lipinski definition) is 6. The van der Waals surface area contributed by atoms with E-state index in [9.17, 15) is 9.59 Å². The topological polar surface area (TPSA) is 77.8 Å². The average molecular weight is 486 g/mol. The van der Waals surface area contributed by atoms with Crippen molar-refractivity contribution in [3.8, 4) is 5.75 Å². The van der Waals surface area contributed by atoms with Crippen molar-refractivity contribution in [2.45, 2.75) is 38.5 Å². The summed E-state index contributed by atoms with van der Waals surface area (Å²) in [5.74, 6) is 0.320. The molecule has 0 radical (unpaired) electrons. The molecule has 2 aromatic rings. The van der Waals surface area contributed by atoms with E-state index in [0.717, 1.165) is 21.5 Å². The number of halogens is 1. The molecule has 0 bridgehead atoms. The normalized spacial score (nSPS) is 21.0. The molecule has 1 aromatic heterocycles. The highest BCUT2D eigenvalue weighted by Gasteiger charge is 2.42. The van der Waals surface area contributed by atoms with E-state index in [4.69, 9.17) is 13.9 Å². The molecule has 0 spiro atoms. The lowest BCUT2D eigenvalue weighted by Crippen LogP contribution is -2.36. The number of carbonyl (C=O) groups excluding carboxylic acids is 2. The van der Waals surface area contributed by atoms with E-state index in [0.29, 0.717) is 35.4 Å². The van der Waals surface area contributed by atoms with Crippen molar-refractivity contribution < 1.29 is 23.5 Å². The third-order valence-corrected chi connectivity index (χ3v) is 6.26. The van der Waals surface area contributed by atoms with Gasteiger partial charge in [-0.3, -0.25) is 4.79 Å². The first-order valence-corrected chi connectivity index (χ1v) is 11.0. The van der Waals surface area contributed by atoms with Crippen LogP contribution in [0.25, 0.3) is 0 Å². The summed E-state index contributed by atoms with van der Waals surface area (Å²) < 4.78 is 17.4. The highest BCUT2D eigenvalue weighted by molar-refractivity contribution is 9.10. The number of ether oxygens (including phenoxy) is 2. The second-order valence-corrected chi connectivity index (χ2v) is 8.56. The van der Waals surface area contributed by atoms with Gasteiger partial charge in [0.25, 0.3) is 0 Å². The fraction of sp³-hybridized carbons (Fsp3) is 0.333. The molecule has 1 N–H and O–H groups in total. The van der Waals surface area contributed by atoms with E-state index in [1.165, 1.54) is 0 Å². The predicted molar refractivity (Wildman–Crippen MR) is 119 cm³/mol. The van der Waals surface area contributed by atoms with Gasteiger partial charge >= 0.3 is 5.97 Å². The van der Waals surface area contributed by atoms with Gasteiger partial charge in [0.1, 0.15) is 11.5 Å². The van der Waals surface area contributed by atoms with Crippen molar-refractivity contribution >= 4 is 27.7 Å². The minimum atomic E-state index is -0.576. The number of ketones is 1. The van der Waals surface area contributed by atoms with E-state index >= 15 is 0 Å². The average Bonchev–Trinajstić information content (AvgIpc) is 3.27. The quantitative estimate of drug-likeness (QED) is 0.602. The third kappa shape index (κ3) is 3.94. The van der Waals surface area contributed by atoms with Gasteiger partial charge in [0, 0.05) is 39.3 Å². The number of dihydropyridines is 1. The van der Waals surface area contributed by atoms with Crippen LogP contribution >= 0.6 is 15.9 Å². The molecule has 2 atom stereocenters. The molecule has 4 rings (SSSR count). The van der Waals surface area contributed by atoms with Crippen LogP contribution in [0, 0.1) is 0 Å². The van der Waals surface area contributed by atoms with Gasteiger partial charge in [-0.2, -0.15) is 0 Å². The van der Waals surface area contributed by atoms with Gasteiger partial charge in [-0.25, -0.2) is 4.79 Å². The highest BCUT2D eigenvalue weighted by Crippen LogP contribution is 2.48. The number of furan rings is 1. The zero-order valence-electron chi connectivity index (χ0n) is 17.7. The summed E-state index contributed by atoms with van der Waals surface area (Å²) in [5, 5.41) is 3.33. The molecule has 162 valence electrons. The van der Waals surface area contributed by atoms with Gasteiger partial charge in [0.2, 0.25) is 0 Å². The Morgan fingerprint density at radius 2 is 2.10 bits per heavy atom. The number of nitrogens with one attached hydrogen (secondary N) is 1. The van der Waals surface area contributed by atoms with Gasteiger partial charge in [0.15, 0.2) is 5.78 Å². The van der Waals surface area contributed by atoms with Crippen molar-refractivity contribution in [1.82, 2.24) is 5.32 Å². The Bertz CT molecular complexity index is 1080. The molecule has 1 aliphatic carbocycles. The summed E-state index contributed by atoms with van der Waals surface area (Å²) in [5.41, 5.74) is 3.26. The molecule has 0 fully saturated rings. The first-order valence-electron chi connectivity index (χ1n) is 10.2. The molecule has 6 nitrogen and oxygen atoms in total. The van der Waals surface area contributed by atoms with Crippen LogP contribution < -0.4 is 10.1 Å². The molecule has 0 unspecified atom stereocenters. The summed E-state index contributed by atoms with van der Waals surface area (Å²) in [6.45, 7) is 3.86. The summed E-state index contributed by atoms with van der Waals surface area (Å²) in [6.07, 6.45) is 2.56. The molecular formula is C24H24BrNO5. The van der Waals surface area contributed by atoms with E-state index in [2.05, 4.69) is 21.2 Å². The lowest BCUT2D eigenvalue weighted by molar-refractivity contribution is -0.138. The van der Waals surface area contributed by atoms with E-state index < -0.39 is 11.9 Å². The maximum absolute atomic E-state index is 13.5. The summed E-state index contributed by atoms with van der Waals surface area (Å²) in [7, 11) is 1.58. The van der Waals surface area contributed by atoms with Crippen LogP contribution in [0.2, 0.25) is 0 Å². The van der Waals surface area contributed by atoms with Crippen molar-refractivity contribution in [2.75, 3.05) is 13.7 Å². The Labute approximate surface area is 189 Å². The first-order chi connectivity index (χ1) is 14.9. The Balaban J connectivity index is 1.87. The maximum atomic E-state index is 13.5. The zero-order chi connectivity index (χ0) is 22.1. The Kier molecular flexibility index (Phi) is 6.05. The fourth-order valence-corrected chi connectivity index (χ4v) is 4.86. The molecule has 2 aliphatic rings. The van der Waals surface area contributed by atoms with Crippen LogP contribution in [0.3, 0.4) is 0 Å². The first kappa shape index (κ1) is 21.4. The lowest BCUT2D eigenvalue weighted by atomic mass is 9.72. The second kappa shape index (κ2) is 8.75. The maximum Gasteiger partial charge on any atom is 0.336 e. The van der Waals surface area contributed by atoms with Crippen LogP contribution in [-0.2, 0) is 14.3 Å². The van der Waals surface area contributed by atoms with Crippen molar-refractivity contribution in [3.63, 3.8) is 0 Å². The van der Waals surface area contributed by atoms with E-state index in [1.54, 1.807) is 20.3 Å². The zero-order valence-corrected chi connectivity index (χ0v) is 19.2. The highest BCUT2D eigenvalue weighted by atomic mass is 79.9. The lowest BCUT2D eigenvalue weighted by Gasteiger charge is -2.36. The Morgan fingerprint density at radius 1 is 1.29 bits per heavy atom. The van der Waals surface area contributed by atoms with Crippen LogP contribution in [0.15, 0.2) is 68.0 Å². The fourth-order valence-electron chi connectivity index (χ4n) is 4.49. The van der Waals surface area contributed by atoms with Gasteiger partial charge in [0.05, 0.1) is 31.5 Å². The number of Topliss-reactive ketones (excluding diaryl/α,β-unsaturated/α-hetero) is 1. The van der Waals surface area contributed by atoms with Crippen molar-refractivity contribution in [3.05, 3.63) is 74.9 Å². The van der Waals surface area contributed by atoms with Crippen LogP contribution in [0.1, 0.15) is 49.8 Å². The van der Waals surface area contributed by atoms with Gasteiger partial charge in [-0.05, 0) is 50.6 Å². The monoisotopic (exact) mass is 485 g/mol. The molecular weight excluding hydrogens is 462 g/mol. The van der Waals surface area contributed by atoms with Crippen LogP contribution in [0.5, 0.6) is 5.75 Å².